The molecule has 0 saturated carbocycles. The molecule has 0 aliphatic rings. The highest BCUT2D eigenvalue weighted by Crippen LogP contribution is 2.30. The van der Waals surface area contributed by atoms with Crippen LogP contribution in [-0.4, -0.2) is 14.8 Å². The monoisotopic (exact) mass is 353 g/mol. The summed E-state index contributed by atoms with van der Waals surface area (Å²) in [7, 11) is 0. The van der Waals surface area contributed by atoms with Crippen LogP contribution in [0.25, 0.3) is 10.7 Å². The lowest BCUT2D eigenvalue weighted by molar-refractivity contribution is 0.627. The summed E-state index contributed by atoms with van der Waals surface area (Å²) < 4.78 is 15.2. The molecule has 3 aromatic rings. The van der Waals surface area contributed by atoms with Gasteiger partial charge in [0.15, 0.2) is 11.0 Å². The molecule has 7 heteroatoms. The lowest BCUT2D eigenvalue weighted by Gasteiger charge is -2.07. The third-order valence-electron chi connectivity index (χ3n) is 3.15. The van der Waals surface area contributed by atoms with Gasteiger partial charge in [-0.15, -0.1) is 21.5 Å². The van der Waals surface area contributed by atoms with Crippen LogP contribution in [0.2, 0.25) is 5.02 Å². The van der Waals surface area contributed by atoms with Crippen molar-refractivity contribution in [2.75, 3.05) is 0 Å². The fourth-order valence-electron chi connectivity index (χ4n) is 2.05. The minimum atomic E-state index is -0.324. The Bertz CT molecular complexity index is 771. The molecule has 3 nitrogen and oxygen atoms in total. The van der Waals surface area contributed by atoms with Crippen molar-refractivity contribution in [1.29, 1.82) is 0 Å². The van der Waals surface area contributed by atoms with Crippen molar-refractivity contribution in [1.82, 2.24) is 14.8 Å². The average molecular weight is 354 g/mol. The molecule has 0 bridgehead atoms. The molecule has 0 unspecified atom stereocenters. The highest BCUT2D eigenvalue weighted by Gasteiger charge is 2.14. The zero-order valence-electron chi connectivity index (χ0n) is 11.8. The van der Waals surface area contributed by atoms with E-state index in [0.29, 0.717) is 10.8 Å². The molecule has 22 heavy (non-hydrogen) atoms. The Balaban J connectivity index is 1.81. The van der Waals surface area contributed by atoms with E-state index in [1.165, 1.54) is 12.1 Å². The number of aromatic nitrogens is 3. The first-order valence-electron chi connectivity index (χ1n) is 6.73. The van der Waals surface area contributed by atoms with Gasteiger partial charge in [-0.1, -0.05) is 35.5 Å². The minimum Gasteiger partial charge on any atom is -0.302 e. The van der Waals surface area contributed by atoms with Crippen molar-refractivity contribution in [3.8, 4) is 10.7 Å². The number of thioether (sulfide) groups is 1. The highest BCUT2D eigenvalue weighted by molar-refractivity contribution is 7.98. The smallest absolute Gasteiger partial charge is 0.191 e. The first-order chi connectivity index (χ1) is 10.7. The Hall–Kier alpha value is -1.37. The Kier molecular flexibility index (Phi) is 4.81. The number of hydrogen-bond acceptors (Lipinski definition) is 4. The molecular formula is C15H13ClFN3S2. The van der Waals surface area contributed by atoms with E-state index in [1.54, 1.807) is 29.2 Å². The Morgan fingerprint density at radius 2 is 2.18 bits per heavy atom. The Morgan fingerprint density at radius 3 is 2.86 bits per heavy atom. The Morgan fingerprint density at radius 1 is 1.32 bits per heavy atom. The number of benzene rings is 1. The summed E-state index contributed by atoms with van der Waals surface area (Å²) in [6, 6.07) is 8.49. The van der Waals surface area contributed by atoms with Gasteiger partial charge in [-0.25, -0.2) is 4.39 Å². The van der Waals surface area contributed by atoms with Gasteiger partial charge in [0.1, 0.15) is 5.82 Å². The zero-order chi connectivity index (χ0) is 15.5. The van der Waals surface area contributed by atoms with Gasteiger partial charge in [-0.05, 0) is 36.1 Å². The number of hydrogen-bond donors (Lipinski definition) is 0. The van der Waals surface area contributed by atoms with Gasteiger partial charge in [0.05, 0.1) is 4.88 Å². The molecular weight excluding hydrogens is 341 g/mol. The summed E-state index contributed by atoms with van der Waals surface area (Å²) in [5.41, 5.74) is 0.886. The van der Waals surface area contributed by atoms with Gasteiger partial charge in [0.25, 0.3) is 0 Å². The minimum absolute atomic E-state index is 0.324. The Labute approximate surface area is 141 Å². The van der Waals surface area contributed by atoms with E-state index in [1.807, 2.05) is 17.5 Å². The second-order valence-corrected chi connectivity index (χ2v) is 6.85. The van der Waals surface area contributed by atoms with Crippen LogP contribution in [0.5, 0.6) is 0 Å². The highest BCUT2D eigenvalue weighted by atomic mass is 35.5. The van der Waals surface area contributed by atoms with E-state index < -0.39 is 0 Å². The fourth-order valence-corrected chi connectivity index (χ4v) is 4.09. The summed E-state index contributed by atoms with van der Waals surface area (Å²) >= 11 is 9.25. The van der Waals surface area contributed by atoms with Gasteiger partial charge < -0.3 is 4.57 Å². The van der Waals surface area contributed by atoms with Crippen LogP contribution in [-0.2, 0) is 12.3 Å². The number of rotatable bonds is 5. The van der Waals surface area contributed by atoms with Crippen molar-refractivity contribution >= 4 is 34.7 Å². The van der Waals surface area contributed by atoms with E-state index in [-0.39, 0.29) is 5.82 Å². The van der Waals surface area contributed by atoms with Gasteiger partial charge in [-0.2, -0.15) is 0 Å². The van der Waals surface area contributed by atoms with E-state index >= 15 is 0 Å². The largest absolute Gasteiger partial charge is 0.302 e. The average Bonchev–Trinajstić information content (AvgIpc) is 3.15. The molecule has 0 N–H and O–H groups in total. The first kappa shape index (κ1) is 15.5. The summed E-state index contributed by atoms with van der Waals surface area (Å²) in [5.74, 6) is 1.18. The maximum Gasteiger partial charge on any atom is 0.191 e. The van der Waals surface area contributed by atoms with E-state index in [4.69, 9.17) is 11.6 Å². The summed E-state index contributed by atoms with van der Waals surface area (Å²) in [6.07, 6.45) is 0. The summed E-state index contributed by atoms with van der Waals surface area (Å²) in [6.45, 7) is 2.86. The van der Waals surface area contributed by atoms with Crippen molar-refractivity contribution in [2.45, 2.75) is 24.4 Å². The van der Waals surface area contributed by atoms with Crippen LogP contribution in [0.3, 0.4) is 0 Å². The maximum absolute atomic E-state index is 13.1. The third-order valence-corrected chi connectivity index (χ3v) is 5.38. The number of nitrogens with zero attached hydrogens (tertiary/aromatic N) is 3. The summed E-state index contributed by atoms with van der Waals surface area (Å²) in [4.78, 5) is 1.10. The third kappa shape index (κ3) is 3.19. The molecule has 2 heterocycles. The second kappa shape index (κ2) is 6.81. The molecule has 0 amide bonds. The zero-order valence-corrected chi connectivity index (χ0v) is 14.2. The molecule has 1 aromatic carbocycles. The standard InChI is InChI=1S/C15H13ClFN3S2/c1-2-20-14(13-4-3-7-21-13)18-19-15(20)22-9-10-5-6-11(17)8-12(10)16/h3-8H,2,9H2,1H3. The van der Waals surface area contributed by atoms with Crippen LogP contribution in [0.1, 0.15) is 12.5 Å². The van der Waals surface area contributed by atoms with Gasteiger partial charge in [-0.3, -0.25) is 0 Å². The normalized spacial score (nSPS) is 11.0. The number of halogens is 2. The molecule has 2 aromatic heterocycles. The molecule has 0 fully saturated rings. The molecule has 0 aliphatic heterocycles. The van der Waals surface area contributed by atoms with Crippen molar-refractivity contribution < 1.29 is 4.39 Å². The maximum atomic E-state index is 13.1. The molecule has 0 atom stereocenters. The molecule has 0 saturated heterocycles. The SMILES string of the molecule is CCn1c(SCc2ccc(F)cc2Cl)nnc1-c1cccs1. The topological polar surface area (TPSA) is 30.7 Å². The van der Waals surface area contributed by atoms with Crippen molar-refractivity contribution in [3.63, 3.8) is 0 Å². The van der Waals surface area contributed by atoms with Gasteiger partial charge in [0.2, 0.25) is 0 Å². The first-order valence-corrected chi connectivity index (χ1v) is 8.97. The lowest BCUT2D eigenvalue weighted by atomic mass is 10.2. The molecule has 3 rings (SSSR count). The van der Waals surface area contributed by atoms with E-state index in [0.717, 1.165) is 28.0 Å². The molecule has 114 valence electrons. The van der Waals surface area contributed by atoms with Crippen molar-refractivity contribution in [3.05, 3.63) is 52.1 Å². The summed E-state index contributed by atoms with van der Waals surface area (Å²) in [5, 5.41) is 11.9. The molecule has 0 radical (unpaired) electrons. The number of thiophene rings is 1. The van der Waals surface area contributed by atoms with Crippen molar-refractivity contribution in [2.24, 2.45) is 0 Å². The van der Waals surface area contributed by atoms with Gasteiger partial charge in [0, 0.05) is 17.3 Å². The van der Waals surface area contributed by atoms with Crippen LogP contribution in [0.15, 0.2) is 40.9 Å². The van der Waals surface area contributed by atoms with E-state index in [2.05, 4.69) is 21.7 Å². The van der Waals surface area contributed by atoms with Crippen LogP contribution in [0.4, 0.5) is 4.39 Å². The quantitative estimate of drug-likeness (QED) is 0.597. The predicted molar refractivity (Wildman–Crippen MR) is 90.0 cm³/mol. The molecule has 0 aliphatic carbocycles. The second-order valence-electron chi connectivity index (χ2n) is 4.55. The lowest BCUT2D eigenvalue weighted by Crippen LogP contribution is -1.99. The van der Waals surface area contributed by atoms with E-state index in [9.17, 15) is 4.39 Å². The fraction of sp³-hybridized carbons (Fsp3) is 0.200. The van der Waals surface area contributed by atoms with Gasteiger partial charge >= 0.3 is 0 Å². The van der Waals surface area contributed by atoms with Crippen LogP contribution in [0, 0.1) is 5.82 Å². The molecule has 0 spiro atoms. The van der Waals surface area contributed by atoms with Crippen LogP contribution >= 0.6 is 34.7 Å². The van der Waals surface area contributed by atoms with Crippen LogP contribution < -0.4 is 0 Å². The predicted octanol–water partition coefficient (Wildman–Crippen LogP) is 5.11.